The molecule has 2 fully saturated rings. The van der Waals surface area contributed by atoms with E-state index < -0.39 is 0 Å². The molecule has 1 aliphatic heterocycles. The summed E-state index contributed by atoms with van der Waals surface area (Å²) in [7, 11) is 0. The summed E-state index contributed by atoms with van der Waals surface area (Å²) in [5.74, 6) is 0.912. The van der Waals surface area contributed by atoms with E-state index in [0.29, 0.717) is 0 Å². The van der Waals surface area contributed by atoms with Gasteiger partial charge in [-0.05, 0) is 57.5 Å². The monoisotopic (exact) mass is 224 g/mol. The quantitative estimate of drug-likeness (QED) is 0.746. The zero-order valence-corrected chi connectivity index (χ0v) is 11.0. The first-order valence-electron chi connectivity index (χ1n) is 7.31. The summed E-state index contributed by atoms with van der Waals surface area (Å²) in [6, 6.07) is 1.78. The molecule has 0 radical (unpaired) electrons. The Bertz CT molecular complexity index is 191. The number of nitrogens with zero attached hydrogens (tertiary/aromatic N) is 1. The fourth-order valence-corrected chi connectivity index (χ4v) is 3.14. The summed E-state index contributed by atoms with van der Waals surface area (Å²) >= 11 is 0. The maximum Gasteiger partial charge on any atom is 0.00994 e. The molecule has 94 valence electrons. The first kappa shape index (κ1) is 12.4. The smallest absolute Gasteiger partial charge is 0.00994 e. The molecule has 2 aliphatic rings. The third-order valence-electron chi connectivity index (χ3n) is 4.30. The van der Waals surface area contributed by atoms with Gasteiger partial charge in [0, 0.05) is 18.6 Å². The van der Waals surface area contributed by atoms with E-state index in [4.69, 9.17) is 0 Å². The molecule has 0 bridgehead atoms. The lowest BCUT2D eigenvalue weighted by atomic mass is 9.97. The fourth-order valence-electron chi connectivity index (χ4n) is 3.14. The highest BCUT2D eigenvalue weighted by Crippen LogP contribution is 2.31. The van der Waals surface area contributed by atoms with E-state index in [1.165, 1.54) is 58.2 Å². The highest BCUT2D eigenvalue weighted by atomic mass is 15.2. The SMILES string of the molecule is CCC(CC)N(CC1CCCNC1)C1CC1. The number of piperidine rings is 1. The van der Waals surface area contributed by atoms with Crippen molar-refractivity contribution in [3.8, 4) is 0 Å². The van der Waals surface area contributed by atoms with Gasteiger partial charge in [0.1, 0.15) is 0 Å². The standard InChI is InChI=1S/C14H28N2/c1-3-13(4-2)16(14-7-8-14)11-12-6-5-9-15-10-12/h12-15H,3-11H2,1-2H3. The van der Waals surface area contributed by atoms with Crippen molar-refractivity contribution in [3.63, 3.8) is 0 Å². The van der Waals surface area contributed by atoms with Crippen molar-refractivity contribution in [2.24, 2.45) is 5.92 Å². The van der Waals surface area contributed by atoms with Crippen molar-refractivity contribution in [1.29, 1.82) is 0 Å². The van der Waals surface area contributed by atoms with Crippen LogP contribution in [-0.4, -0.2) is 36.6 Å². The predicted molar refractivity (Wildman–Crippen MR) is 69.7 cm³/mol. The van der Waals surface area contributed by atoms with Gasteiger partial charge in [-0.3, -0.25) is 4.90 Å². The highest BCUT2D eigenvalue weighted by Gasteiger charge is 2.34. The molecule has 0 aromatic heterocycles. The maximum atomic E-state index is 3.55. The third kappa shape index (κ3) is 3.21. The summed E-state index contributed by atoms with van der Waals surface area (Å²) in [6.45, 7) is 8.55. The van der Waals surface area contributed by atoms with Crippen LogP contribution < -0.4 is 5.32 Å². The van der Waals surface area contributed by atoms with Gasteiger partial charge in [-0.1, -0.05) is 13.8 Å². The van der Waals surface area contributed by atoms with Gasteiger partial charge in [0.05, 0.1) is 0 Å². The van der Waals surface area contributed by atoms with Crippen LogP contribution in [0, 0.1) is 5.92 Å². The summed E-state index contributed by atoms with van der Waals surface area (Å²) in [6.07, 6.45) is 8.38. The average Bonchev–Trinajstić information content (AvgIpc) is 3.14. The van der Waals surface area contributed by atoms with Crippen LogP contribution in [0.15, 0.2) is 0 Å². The molecule has 1 saturated carbocycles. The second-order valence-electron chi connectivity index (χ2n) is 5.61. The van der Waals surface area contributed by atoms with Gasteiger partial charge in [0.15, 0.2) is 0 Å². The molecule has 1 heterocycles. The molecule has 2 rings (SSSR count). The van der Waals surface area contributed by atoms with Gasteiger partial charge < -0.3 is 5.32 Å². The van der Waals surface area contributed by atoms with Crippen molar-refractivity contribution < 1.29 is 0 Å². The van der Waals surface area contributed by atoms with Crippen molar-refractivity contribution in [2.75, 3.05) is 19.6 Å². The molecular weight excluding hydrogens is 196 g/mol. The molecule has 2 nitrogen and oxygen atoms in total. The van der Waals surface area contributed by atoms with Gasteiger partial charge in [-0.15, -0.1) is 0 Å². The summed E-state index contributed by atoms with van der Waals surface area (Å²) in [5.41, 5.74) is 0. The summed E-state index contributed by atoms with van der Waals surface area (Å²) in [4.78, 5) is 2.83. The van der Waals surface area contributed by atoms with Crippen LogP contribution in [0.25, 0.3) is 0 Å². The van der Waals surface area contributed by atoms with E-state index >= 15 is 0 Å². The van der Waals surface area contributed by atoms with Gasteiger partial charge in [0.25, 0.3) is 0 Å². The van der Waals surface area contributed by atoms with E-state index in [1.54, 1.807) is 0 Å². The van der Waals surface area contributed by atoms with Crippen LogP contribution in [0.5, 0.6) is 0 Å². The molecular formula is C14H28N2. The lowest BCUT2D eigenvalue weighted by Gasteiger charge is -2.35. The molecule has 1 saturated heterocycles. The Morgan fingerprint density at radius 3 is 2.44 bits per heavy atom. The molecule has 2 heteroatoms. The van der Waals surface area contributed by atoms with Crippen molar-refractivity contribution >= 4 is 0 Å². The molecule has 1 unspecified atom stereocenters. The Labute approximate surface area is 101 Å². The lowest BCUT2D eigenvalue weighted by Crippen LogP contribution is -2.43. The molecule has 1 aliphatic carbocycles. The molecule has 1 N–H and O–H groups in total. The predicted octanol–water partition coefficient (Wildman–Crippen LogP) is 2.64. The van der Waals surface area contributed by atoms with Crippen LogP contribution in [-0.2, 0) is 0 Å². The number of hydrogen-bond donors (Lipinski definition) is 1. The van der Waals surface area contributed by atoms with Gasteiger partial charge in [0.2, 0.25) is 0 Å². The van der Waals surface area contributed by atoms with Gasteiger partial charge in [-0.25, -0.2) is 0 Å². The van der Waals surface area contributed by atoms with Gasteiger partial charge >= 0.3 is 0 Å². The van der Waals surface area contributed by atoms with E-state index in [2.05, 4.69) is 24.1 Å². The molecule has 0 aromatic carbocycles. The molecule has 1 atom stereocenters. The molecule has 0 aromatic rings. The second kappa shape index (κ2) is 6.02. The third-order valence-corrected chi connectivity index (χ3v) is 4.30. The Morgan fingerprint density at radius 2 is 1.94 bits per heavy atom. The Hall–Kier alpha value is -0.0800. The minimum absolute atomic E-state index is 0.842. The Balaban J connectivity index is 1.85. The van der Waals surface area contributed by atoms with Crippen molar-refractivity contribution in [3.05, 3.63) is 0 Å². The highest BCUT2D eigenvalue weighted by molar-refractivity contribution is 4.89. The molecule has 0 amide bonds. The number of nitrogens with one attached hydrogen (secondary N) is 1. The fraction of sp³-hybridized carbons (Fsp3) is 1.00. The average molecular weight is 224 g/mol. The van der Waals surface area contributed by atoms with E-state index in [9.17, 15) is 0 Å². The normalized spacial score (nSPS) is 26.6. The van der Waals surface area contributed by atoms with Gasteiger partial charge in [-0.2, -0.15) is 0 Å². The van der Waals surface area contributed by atoms with E-state index in [1.807, 2.05) is 0 Å². The number of hydrogen-bond acceptors (Lipinski definition) is 2. The second-order valence-corrected chi connectivity index (χ2v) is 5.61. The number of rotatable bonds is 6. The van der Waals surface area contributed by atoms with E-state index in [0.717, 1.165) is 18.0 Å². The Morgan fingerprint density at radius 1 is 1.19 bits per heavy atom. The first-order chi connectivity index (χ1) is 7.85. The first-order valence-corrected chi connectivity index (χ1v) is 7.31. The van der Waals surface area contributed by atoms with Crippen molar-refractivity contribution in [2.45, 2.75) is 64.5 Å². The largest absolute Gasteiger partial charge is 0.316 e. The molecule has 16 heavy (non-hydrogen) atoms. The lowest BCUT2D eigenvalue weighted by molar-refractivity contribution is 0.137. The zero-order chi connectivity index (χ0) is 11.4. The van der Waals surface area contributed by atoms with Crippen LogP contribution >= 0.6 is 0 Å². The van der Waals surface area contributed by atoms with Crippen molar-refractivity contribution in [1.82, 2.24) is 10.2 Å². The Kier molecular flexibility index (Phi) is 4.66. The molecule has 0 spiro atoms. The van der Waals surface area contributed by atoms with E-state index in [-0.39, 0.29) is 0 Å². The topological polar surface area (TPSA) is 15.3 Å². The van der Waals surface area contributed by atoms with Crippen LogP contribution in [0.1, 0.15) is 52.4 Å². The van der Waals surface area contributed by atoms with Crippen LogP contribution in [0.4, 0.5) is 0 Å². The van der Waals surface area contributed by atoms with Crippen LogP contribution in [0.2, 0.25) is 0 Å². The zero-order valence-electron chi connectivity index (χ0n) is 11.0. The minimum atomic E-state index is 0.842. The maximum absolute atomic E-state index is 3.55. The van der Waals surface area contributed by atoms with Crippen LogP contribution in [0.3, 0.4) is 0 Å². The summed E-state index contributed by atoms with van der Waals surface area (Å²) < 4.78 is 0. The minimum Gasteiger partial charge on any atom is -0.316 e. The summed E-state index contributed by atoms with van der Waals surface area (Å²) in [5, 5.41) is 3.55.